The first-order chi connectivity index (χ1) is 15.5. The van der Waals surface area contributed by atoms with Crippen molar-refractivity contribution in [3.05, 3.63) is 58.1 Å². The van der Waals surface area contributed by atoms with Crippen molar-refractivity contribution in [2.45, 2.75) is 38.5 Å². The molecule has 2 aromatic carbocycles. The molecule has 0 amide bonds. The number of hydrogen-bond acceptors (Lipinski definition) is 6. The van der Waals surface area contributed by atoms with E-state index in [-0.39, 0.29) is 12.3 Å². The number of carbonyl (C=O) groups is 1. The molecular weight excluding hydrogens is 426 g/mol. The molecule has 0 fully saturated rings. The molecule has 168 valence electrons. The van der Waals surface area contributed by atoms with Crippen molar-refractivity contribution >= 4 is 17.3 Å². The van der Waals surface area contributed by atoms with E-state index in [9.17, 15) is 4.79 Å². The topological polar surface area (TPSA) is 77.9 Å². The Hall–Kier alpha value is -3.06. The molecule has 1 atom stereocenters. The van der Waals surface area contributed by atoms with E-state index in [1.807, 2.05) is 30.3 Å². The fourth-order valence-electron chi connectivity index (χ4n) is 4.21. The van der Waals surface area contributed by atoms with Crippen LogP contribution in [0.2, 0.25) is 0 Å². The van der Waals surface area contributed by atoms with Gasteiger partial charge in [-0.1, -0.05) is 6.07 Å². The Morgan fingerprint density at radius 3 is 2.72 bits per heavy atom. The summed E-state index contributed by atoms with van der Waals surface area (Å²) in [6.07, 6.45) is 2.71. The standard InChI is InChI=1S/C25H27NO5S/c1-15-21(26-25(32-15)18-6-9-22(29-2)23(13-18)30-3)10-11-31-19-7-8-20-16(12-19)4-5-17(20)14-24(27)28/h6-9,12-13,17H,4-5,10-11,14H2,1-3H3,(H,27,28). The molecule has 0 radical (unpaired) electrons. The SMILES string of the molecule is COc1ccc(-c2nc(CCOc3ccc4c(c3)CCC4CC(=O)O)c(C)s2)cc1OC. The van der Waals surface area contributed by atoms with Crippen LogP contribution in [0.25, 0.3) is 10.6 Å². The highest BCUT2D eigenvalue weighted by Crippen LogP contribution is 2.38. The van der Waals surface area contributed by atoms with Crippen LogP contribution in [-0.2, 0) is 17.6 Å². The van der Waals surface area contributed by atoms with E-state index < -0.39 is 5.97 Å². The second kappa shape index (κ2) is 9.61. The van der Waals surface area contributed by atoms with Crippen LogP contribution in [0.1, 0.15) is 40.5 Å². The number of aryl methyl sites for hydroxylation is 2. The summed E-state index contributed by atoms with van der Waals surface area (Å²) in [6.45, 7) is 2.61. The number of ether oxygens (including phenoxy) is 3. The van der Waals surface area contributed by atoms with Gasteiger partial charge < -0.3 is 19.3 Å². The van der Waals surface area contributed by atoms with Crippen LogP contribution in [0.5, 0.6) is 17.2 Å². The lowest BCUT2D eigenvalue weighted by Gasteiger charge is -2.10. The van der Waals surface area contributed by atoms with E-state index in [2.05, 4.69) is 13.0 Å². The molecule has 1 aromatic heterocycles. The molecule has 6 nitrogen and oxygen atoms in total. The second-order valence-electron chi connectivity index (χ2n) is 7.88. The molecule has 1 unspecified atom stereocenters. The van der Waals surface area contributed by atoms with Gasteiger partial charge in [-0.2, -0.15) is 0 Å². The van der Waals surface area contributed by atoms with Crippen LogP contribution in [0.15, 0.2) is 36.4 Å². The molecule has 7 heteroatoms. The minimum Gasteiger partial charge on any atom is -0.493 e. The summed E-state index contributed by atoms with van der Waals surface area (Å²) in [7, 11) is 3.25. The normalized spacial score (nSPS) is 14.8. The van der Waals surface area contributed by atoms with Gasteiger partial charge in [-0.15, -0.1) is 11.3 Å². The zero-order valence-electron chi connectivity index (χ0n) is 18.5. The summed E-state index contributed by atoms with van der Waals surface area (Å²) >= 11 is 1.66. The number of carboxylic acids is 1. The smallest absolute Gasteiger partial charge is 0.303 e. The van der Waals surface area contributed by atoms with Crippen molar-refractivity contribution in [3.8, 4) is 27.8 Å². The average Bonchev–Trinajstić information content (AvgIpc) is 3.36. The fraction of sp³-hybridized carbons (Fsp3) is 0.360. The number of benzene rings is 2. The molecular formula is C25H27NO5S. The molecule has 0 saturated heterocycles. The highest BCUT2D eigenvalue weighted by atomic mass is 32.1. The number of rotatable bonds is 9. The summed E-state index contributed by atoms with van der Waals surface area (Å²) in [5.41, 5.74) is 4.38. The Labute approximate surface area is 191 Å². The Morgan fingerprint density at radius 2 is 1.97 bits per heavy atom. The van der Waals surface area contributed by atoms with Crippen LogP contribution in [0.4, 0.5) is 0 Å². The third kappa shape index (κ3) is 4.72. The van der Waals surface area contributed by atoms with Gasteiger partial charge in [0.25, 0.3) is 0 Å². The Balaban J connectivity index is 1.39. The third-order valence-electron chi connectivity index (χ3n) is 5.87. The van der Waals surface area contributed by atoms with Crippen molar-refractivity contribution in [2.75, 3.05) is 20.8 Å². The lowest BCUT2D eigenvalue weighted by molar-refractivity contribution is -0.137. The number of carboxylic acid groups (broad SMARTS) is 1. The van der Waals surface area contributed by atoms with Gasteiger partial charge in [0.1, 0.15) is 10.8 Å². The number of aliphatic carboxylic acids is 1. The molecule has 0 bridgehead atoms. The zero-order valence-corrected chi connectivity index (χ0v) is 19.3. The first-order valence-electron chi connectivity index (χ1n) is 10.6. The summed E-state index contributed by atoms with van der Waals surface area (Å²) < 4.78 is 16.7. The van der Waals surface area contributed by atoms with Crippen molar-refractivity contribution in [2.24, 2.45) is 0 Å². The minimum absolute atomic E-state index is 0.115. The lowest BCUT2D eigenvalue weighted by atomic mass is 9.98. The zero-order chi connectivity index (χ0) is 22.7. The number of hydrogen-bond donors (Lipinski definition) is 1. The predicted molar refractivity (Wildman–Crippen MR) is 124 cm³/mol. The number of fused-ring (bicyclic) bond motifs is 1. The van der Waals surface area contributed by atoms with E-state index in [4.69, 9.17) is 24.3 Å². The largest absolute Gasteiger partial charge is 0.493 e. The van der Waals surface area contributed by atoms with Crippen LogP contribution in [0.3, 0.4) is 0 Å². The van der Waals surface area contributed by atoms with Crippen LogP contribution in [-0.4, -0.2) is 36.9 Å². The number of nitrogens with zero attached hydrogens (tertiary/aromatic N) is 1. The number of aromatic nitrogens is 1. The summed E-state index contributed by atoms with van der Waals surface area (Å²) in [6, 6.07) is 11.8. The summed E-state index contributed by atoms with van der Waals surface area (Å²) in [5, 5.41) is 10.0. The van der Waals surface area contributed by atoms with Gasteiger partial charge in [-0.05, 0) is 67.1 Å². The van der Waals surface area contributed by atoms with E-state index in [0.29, 0.717) is 24.5 Å². The second-order valence-corrected chi connectivity index (χ2v) is 9.09. The molecule has 0 aliphatic heterocycles. The predicted octanol–water partition coefficient (Wildman–Crippen LogP) is 5.26. The maximum atomic E-state index is 11.0. The van der Waals surface area contributed by atoms with Gasteiger partial charge >= 0.3 is 5.97 Å². The Bertz CT molecular complexity index is 1120. The van der Waals surface area contributed by atoms with E-state index in [1.165, 1.54) is 10.4 Å². The maximum Gasteiger partial charge on any atom is 0.303 e. The number of methoxy groups -OCH3 is 2. The fourth-order valence-corrected chi connectivity index (χ4v) is 5.17. The summed E-state index contributed by atoms with van der Waals surface area (Å²) in [4.78, 5) is 17.0. The molecule has 0 saturated carbocycles. The van der Waals surface area contributed by atoms with Gasteiger partial charge in [-0.3, -0.25) is 4.79 Å². The van der Waals surface area contributed by atoms with E-state index in [0.717, 1.165) is 40.4 Å². The monoisotopic (exact) mass is 453 g/mol. The van der Waals surface area contributed by atoms with Crippen molar-refractivity contribution in [1.29, 1.82) is 0 Å². The molecule has 3 aromatic rings. The van der Waals surface area contributed by atoms with Gasteiger partial charge in [0.05, 0.1) is 32.9 Å². The molecule has 32 heavy (non-hydrogen) atoms. The molecule has 1 N–H and O–H groups in total. The Morgan fingerprint density at radius 1 is 1.16 bits per heavy atom. The maximum absolute atomic E-state index is 11.0. The van der Waals surface area contributed by atoms with Crippen molar-refractivity contribution in [3.63, 3.8) is 0 Å². The molecule has 4 rings (SSSR count). The van der Waals surface area contributed by atoms with Crippen molar-refractivity contribution in [1.82, 2.24) is 4.98 Å². The van der Waals surface area contributed by atoms with Crippen molar-refractivity contribution < 1.29 is 24.1 Å². The van der Waals surface area contributed by atoms with Gasteiger partial charge in [-0.25, -0.2) is 4.98 Å². The van der Waals surface area contributed by atoms with Gasteiger partial charge in [0.2, 0.25) is 0 Å². The molecule has 1 aliphatic rings. The van der Waals surface area contributed by atoms with E-state index >= 15 is 0 Å². The minimum atomic E-state index is -0.741. The van der Waals surface area contributed by atoms with E-state index in [1.54, 1.807) is 25.6 Å². The van der Waals surface area contributed by atoms with Crippen LogP contribution in [0, 0.1) is 6.92 Å². The lowest BCUT2D eigenvalue weighted by Crippen LogP contribution is -2.04. The van der Waals surface area contributed by atoms with Gasteiger partial charge in [0, 0.05) is 16.9 Å². The third-order valence-corrected chi connectivity index (χ3v) is 6.93. The van der Waals surface area contributed by atoms with Crippen LogP contribution >= 0.6 is 11.3 Å². The first-order valence-corrected chi connectivity index (χ1v) is 11.5. The molecule has 0 spiro atoms. The highest BCUT2D eigenvalue weighted by molar-refractivity contribution is 7.15. The van der Waals surface area contributed by atoms with Gasteiger partial charge in [0.15, 0.2) is 11.5 Å². The number of thiazole rings is 1. The molecule has 1 aliphatic carbocycles. The highest BCUT2D eigenvalue weighted by Gasteiger charge is 2.25. The quantitative estimate of drug-likeness (QED) is 0.476. The first kappa shape index (κ1) is 22.1. The average molecular weight is 454 g/mol. The molecule has 1 heterocycles. The summed E-state index contributed by atoms with van der Waals surface area (Å²) in [5.74, 6) is 1.58. The van der Waals surface area contributed by atoms with Crippen LogP contribution < -0.4 is 14.2 Å². The Kier molecular flexibility index (Phi) is 6.65.